The number of hydrogen-bond acceptors (Lipinski definition) is 0. The highest BCUT2D eigenvalue weighted by Gasteiger charge is 2.15. The topological polar surface area (TPSA) is 0 Å². The molecule has 0 saturated heterocycles. The molecule has 0 amide bonds. The molecule has 0 bridgehead atoms. The Bertz CT molecular complexity index is 324. The lowest BCUT2D eigenvalue weighted by molar-refractivity contribution is 0.504. The van der Waals surface area contributed by atoms with Gasteiger partial charge in [-0.1, -0.05) is 49.4 Å². The smallest absolute Gasteiger partial charge is 0.0440 e. The first-order valence-corrected chi connectivity index (χ1v) is 6.38. The molecule has 0 N–H and O–H groups in total. The van der Waals surface area contributed by atoms with Gasteiger partial charge in [0.25, 0.3) is 0 Å². The van der Waals surface area contributed by atoms with Crippen molar-refractivity contribution < 1.29 is 0 Å². The lowest BCUT2D eigenvalue weighted by atomic mass is 9.98. The molecule has 0 nitrogen and oxygen atoms in total. The van der Waals surface area contributed by atoms with Gasteiger partial charge < -0.3 is 0 Å². The largest absolute Gasteiger partial charge is 0.0840 e. The summed E-state index contributed by atoms with van der Waals surface area (Å²) in [5.74, 6) is 0.961. The summed E-state index contributed by atoms with van der Waals surface area (Å²) in [5, 5.41) is 0.952. The van der Waals surface area contributed by atoms with E-state index in [-0.39, 0.29) is 0 Å². The van der Waals surface area contributed by atoms with Crippen LogP contribution in [0.2, 0.25) is 5.02 Å². The van der Waals surface area contributed by atoms with Crippen LogP contribution in [0, 0.1) is 12.8 Å². The Morgan fingerprint density at radius 3 is 2.67 bits per heavy atom. The van der Waals surface area contributed by atoms with Gasteiger partial charge in [0.05, 0.1) is 0 Å². The zero-order chi connectivity index (χ0) is 10.7. The molecule has 1 aromatic rings. The van der Waals surface area contributed by atoms with E-state index in [0.717, 1.165) is 17.4 Å². The van der Waals surface area contributed by atoms with E-state index in [1.165, 1.54) is 43.2 Å². The fourth-order valence-corrected chi connectivity index (χ4v) is 2.84. The van der Waals surface area contributed by atoms with E-state index in [1.807, 2.05) is 0 Å². The third-order valence-electron chi connectivity index (χ3n) is 3.51. The maximum absolute atomic E-state index is 6.21. The molecule has 1 aliphatic carbocycles. The molecule has 1 heteroatoms. The predicted molar refractivity (Wildman–Crippen MR) is 66.5 cm³/mol. The minimum atomic E-state index is 0.952. The molecule has 0 atom stereocenters. The summed E-state index contributed by atoms with van der Waals surface area (Å²) < 4.78 is 0. The molecule has 0 aliphatic heterocycles. The van der Waals surface area contributed by atoms with Gasteiger partial charge in [0, 0.05) is 5.02 Å². The lowest BCUT2D eigenvalue weighted by Gasteiger charge is -2.10. The standard InChI is InChI=1S/C14H19Cl/c1-11-6-8-13(14(15)10-11)9-7-12-4-2-3-5-12/h6,8,10,12H,2-5,7,9H2,1H3. The second-order valence-electron chi connectivity index (χ2n) is 4.78. The molecular formula is C14H19Cl. The number of aryl methyl sites for hydroxylation is 2. The minimum Gasteiger partial charge on any atom is -0.0840 e. The number of hydrogen-bond donors (Lipinski definition) is 0. The van der Waals surface area contributed by atoms with Crippen LogP contribution >= 0.6 is 11.6 Å². The van der Waals surface area contributed by atoms with Crippen LogP contribution in [0.15, 0.2) is 18.2 Å². The van der Waals surface area contributed by atoms with E-state index >= 15 is 0 Å². The molecule has 2 rings (SSSR count). The van der Waals surface area contributed by atoms with Crippen molar-refractivity contribution in [3.63, 3.8) is 0 Å². The lowest BCUT2D eigenvalue weighted by Crippen LogP contribution is -1.97. The Hall–Kier alpha value is -0.490. The highest BCUT2D eigenvalue weighted by molar-refractivity contribution is 6.31. The average Bonchev–Trinajstić information content (AvgIpc) is 2.69. The average molecular weight is 223 g/mol. The van der Waals surface area contributed by atoms with Gasteiger partial charge in [-0.2, -0.15) is 0 Å². The molecule has 1 aromatic carbocycles. The van der Waals surface area contributed by atoms with Crippen molar-refractivity contribution in [1.29, 1.82) is 0 Å². The van der Waals surface area contributed by atoms with E-state index < -0.39 is 0 Å². The predicted octanol–water partition coefficient (Wildman–Crippen LogP) is 4.77. The van der Waals surface area contributed by atoms with Gasteiger partial charge in [-0.3, -0.25) is 0 Å². The molecule has 0 radical (unpaired) electrons. The Morgan fingerprint density at radius 1 is 1.27 bits per heavy atom. The van der Waals surface area contributed by atoms with Crippen LogP contribution in [-0.4, -0.2) is 0 Å². The van der Waals surface area contributed by atoms with Gasteiger partial charge in [0.1, 0.15) is 0 Å². The Kier molecular flexibility index (Phi) is 3.69. The van der Waals surface area contributed by atoms with Crippen molar-refractivity contribution in [2.45, 2.75) is 45.4 Å². The van der Waals surface area contributed by atoms with Crippen molar-refractivity contribution in [3.05, 3.63) is 34.3 Å². The van der Waals surface area contributed by atoms with E-state index in [4.69, 9.17) is 11.6 Å². The van der Waals surface area contributed by atoms with Crippen molar-refractivity contribution in [2.75, 3.05) is 0 Å². The molecule has 15 heavy (non-hydrogen) atoms. The molecule has 1 fully saturated rings. The first-order chi connectivity index (χ1) is 7.25. The first kappa shape index (κ1) is 11.0. The van der Waals surface area contributed by atoms with E-state index in [0.29, 0.717) is 0 Å². The molecule has 0 spiro atoms. The minimum absolute atomic E-state index is 0.952. The molecule has 82 valence electrons. The zero-order valence-electron chi connectivity index (χ0n) is 9.43. The SMILES string of the molecule is Cc1ccc(CCC2CCCC2)c(Cl)c1. The van der Waals surface area contributed by atoms with Gasteiger partial charge in [-0.15, -0.1) is 0 Å². The van der Waals surface area contributed by atoms with Crippen LogP contribution in [0.1, 0.15) is 43.2 Å². The highest BCUT2D eigenvalue weighted by atomic mass is 35.5. The van der Waals surface area contributed by atoms with Crippen molar-refractivity contribution in [3.8, 4) is 0 Å². The molecule has 0 unspecified atom stereocenters. The Balaban J connectivity index is 1.92. The van der Waals surface area contributed by atoms with Crippen molar-refractivity contribution in [2.24, 2.45) is 5.92 Å². The van der Waals surface area contributed by atoms with Crippen LogP contribution in [0.25, 0.3) is 0 Å². The molecule has 1 saturated carbocycles. The second-order valence-corrected chi connectivity index (χ2v) is 5.19. The summed E-state index contributed by atoms with van der Waals surface area (Å²) in [6.07, 6.45) is 8.22. The summed E-state index contributed by atoms with van der Waals surface area (Å²) in [7, 11) is 0. The Morgan fingerprint density at radius 2 is 2.00 bits per heavy atom. The summed E-state index contributed by atoms with van der Waals surface area (Å²) in [4.78, 5) is 0. The van der Waals surface area contributed by atoms with Gasteiger partial charge in [-0.05, 0) is 42.9 Å². The van der Waals surface area contributed by atoms with Crippen LogP contribution in [0.4, 0.5) is 0 Å². The van der Waals surface area contributed by atoms with E-state index in [2.05, 4.69) is 25.1 Å². The van der Waals surface area contributed by atoms with Crippen LogP contribution in [-0.2, 0) is 6.42 Å². The van der Waals surface area contributed by atoms with Crippen molar-refractivity contribution >= 4 is 11.6 Å². The Labute approximate surface area is 97.6 Å². The molecule has 0 heterocycles. The fourth-order valence-electron chi connectivity index (χ4n) is 2.51. The summed E-state index contributed by atoms with van der Waals surface area (Å²) in [6.45, 7) is 2.09. The molecule has 0 aromatic heterocycles. The van der Waals surface area contributed by atoms with Gasteiger partial charge >= 0.3 is 0 Å². The van der Waals surface area contributed by atoms with Crippen LogP contribution in [0.3, 0.4) is 0 Å². The monoisotopic (exact) mass is 222 g/mol. The van der Waals surface area contributed by atoms with Crippen LogP contribution in [0.5, 0.6) is 0 Å². The summed E-state index contributed by atoms with van der Waals surface area (Å²) >= 11 is 6.21. The van der Waals surface area contributed by atoms with Crippen molar-refractivity contribution in [1.82, 2.24) is 0 Å². The fraction of sp³-hybridized carbons (Fsp3) is 0.571. The molecular weight excluding hydrogens is 204 g/mol. The van der Waals surface area contributed by atoms with E-state index in [1.54, 1.807) is 0 Å². The number of benzene rings is 1. The third kappa shape index (κ3) is 2.98. The summed E-state index contributed by atoms with van der Waals surface area (Å²) in [5.41, 5.74) is 2.58. The molecule has 1 aliphatic rings. The quantitative estimate of drug-likeness (QED) is 0.691. The second kappa shape index (κ2) is 5.03. The number of rotatable bonds is 3. The first-order valence-electron chi connectivity index (χ1n) is 6.01. The van der Waals surface area contributed by atoms with Crippen LogP contribution < -0.4 is 0 Å². The normalized spacial score (nSPS) is 17.2. The van der Waals surface area contributed by atoms with Gasteiger partial charge in [-0.25, -0.2) is 0 Å². The third-order valence-corrected chi connectivity index (χ3v) is 3.86. The van der Waals surface area contributed by atoms with Gasteiger partial charge in [0.2, 0.25) is 0 Å². The summed E-state index contributed by atoms with van der Waals surface area (Å²) in [6, 6.07) is 6.42. The highest BCUT2D eigenvalue weighted by Crippen LogP contribution is 2.30. The maximum atomic E-state index is 6.21. The van der Waals surface area contributed by atoms with E-state index in [9.17, 15) is 0 Å². The van der Waals surface area contributed by atoms with Gasteiger partial charge in [0.15, 0.2) is 0 Å². The zero-order valence-corrected chi connectivity index (χ0v) is 10.2. The number of halogens is 1. The maximum Gasteiger partial charge on any atom is 0.0440 e.